The Morgan fingerprint density at radius 1 is 1.27 bits per heavy atom. The molecule has 0 saturated heterocycles. The van der Waals surface area contributed by atoms with Gasteiger partial charge in [0.2, 0.25) is 0 Å². The molecule has 0 radical (unpaired) electrons. The third-order valence-electron chi connectivity index (χ3n) is 6.75. The van der Waals surface area contributed by atoms with Crippen LogP contribution in [0.5, 0.6) is 0 Å². The second-order valence-corrected chi connectivity index (χ2v) is 8.30. The minimum atomic E-state index is 0.577. The van der Waals surface area contributed by atoms with Gasteiger partial charge >= 0.3 is 0 Å². The van der Waals surface area contributed by atoms with Gasteiger partial charge in [-0.3, -0.25) is 9.69 Å². The quantitative estimate of drug-likeness (QED) is 0.803. The van der Waals surface area contributed by atoms with Crippen molar-refractivity contribution in [3.8, 4) is 0 Å². The van der Waals surface area contributed by atoms with Crippen LogP contribution in [0.25, 0.3) is 0 Å². The van der Waals surface area contributed by atoms with E-state index in [1.165, 1.54) is 50.8 Å². The van der Waals surface area contributed by atoms with E-state index in [1.54, 1.807) is 0 Å². The molecule has 2 heterocycles. The summed E-state index contributed by atoms with van der Waals surface area (Å²) in [5.74, 6) is 0.577. The van der Waals surface area contributed by atoms with Crippen LogP contribution in [-0.4, -0.2) is 33.8 Å². The van der Waals surface area contributed by atoms with E-state index in [-0.39, 0.29) is 0 Å². The predicted octanol–water partition coefficient (Wildman–Crippen LogP) is 2.95. The predicted molar refractivity (Wildman–Crippen MR) is 85.8 cm³/mol. The largest absolute Gasteiger partial charge is 0.329 e. The van der Waals surface area contributed by atoms with Crippen molar-refractivity contribution in [2.45, 2.75) is 58.4 Å². The fourth-order valence-corrected chi connectivity index (χ4v) is 5.28. The van der Waals surface area contributed by atoms with Gasteiger partial charge in [-0.2, -0.15) is 0 Å². The number of aldehydes is 1. The van der Waals surface area contributed by atoms with Crippen LogP contribution < -0.4 is 0 Å². The number of rotatable bonds is 4. The molecule has 2 saturated carbocycles. The molecule has 0 spiro atoms. The van der Waals surface area contributed by atoms with E-state index in [1.807, 2.05) is 11.6 Å². The van der Waals surface area contributed by atoms with Crippen molar-refractivity contribution in [2.24, 2.45) is 17.9 Å². The van der Waals surface area contributed by atoms with Crippen molar-refractivity contribution in [3.05, 3.63) is 17.2 Å². The molecule has 1 aromatic heterocycles. The molecule has 1 aliphatic heterocycles. The highest BCUT2D eigenvalue weighted by atomic mass is 16.1. The number of carbonyl (C=O) groups excluding carboxylic acids is 1. The summed E-state index contributed by atoms with van der Waals surface area (Å²) in [6.07, 6.45) is 10.5. The van der Waals surface area contributed by atoms with Crippen LogP contribution in [0.2, 0.25) is 0 Å². The summed E-state index contributed by atoms with van der Waals surface area (Å²) in [5.41, 5.74) is 3.68. The van der Waals surface area contributed by atoms with Gasteiger partial charge in [0.25, 0.3) is 0 Å². The first kappa shape index (κ1) is 14.4. The van der Waals surface area contributed by atoms with Gasteiger partial charge in [0, 0.05) is 32.3 Å². The van der Waals surface area contributed by atoms with Gasteiger partial charge < -0.3 is 4.57 Å². The number of fused-ring (bicyclic) bond motifs is 3. The Bertz CT molecular complexity index is 596. The maximum absolute atomic E-state index is 11.0. The molecule has 0 aromatic carbocycles. The van der Waals surface area contributed by atoms with E-state index in [4.69, 9.17) is 0 Å². The third kappa shape index (κ3) is 2.23. The zero-order valence-electron chi connectivity index (χ0n) is 13.9. The summed E-state index contributed by atoms with van der Waals surface area (Å²) in [6, 6.07) is 0. The second kappa shape index (κ2) is 4.92. The molecule has 4 nitrogen and oxygen atoms in total. The molecule has 4 heteroatoms. The number of imidazole rings is 1. The van der Waals surface area contributed by atoms with Crippen LogP contribution in [0.4, 0.5) is 0 Å². The molecule has 22 heavy (non-hydrogen) atoms. The Morgan fingerprint density at radius 2 is 2.05 bits per heavy atom. The molecule has 0 N–H and O–H groups in total. The molecular weight excluding hydrogens is 274 g/mol. The first-order valence-corrected chi connectivity index (χ1v) is 8.75. The highest BCUT2D eigenvalue weighted by Crippen LogP contribution is 2.62. The van der Waals surface area contributed by atoms with Crippen molar-refractivity contribution in [2.75, 3.05) is 13.1 Å². The molecule has 0 unspecified atom stereocenters. The number of aromatic nitrogens is 2. The molecule has 120 valence electrons. The molecule has 3 aliphatic rings. The molecule has 2 bridgehead atoms. The summed E-state index contributed by atoms with van der Waals surface area (Å²) in [5, 5.41) is 0. The molecule has 0 amide bonds. The fourth-order valence-electron chi connectivity index (χ4n) is 5.28. The lowest BCUT2D eigenvalue weighted by molar-refractivity contribution is 0.111. The van der Waals surface area contributed by atoms with Crippen LogP contribution in [0.15, 0.2) is 0 Å². The maximum atomic E-state index is 11.0. The van der Waals surface area contributed by atoms with Crippen molar-refractivity contribution in [3.63, 3.8) is 0 Å². The third-order valence-corrected chi connectivity index (χ3v) is 6.75. The van der Waals surface area contributed by atoms with Crippen LogP contribution in [0.1, 0.15) is 67.5 Å². The van der Waals surface area contributed by atoms with Gasteiger partial charge in [0.1, 0.15) is 0 Å². The standard InChI is InChI=1S/C18H27N3O/c1-17-4-6-18(13-17,7-5-17)8-10-21-9-3-15-14(11-21)19-16(12-22)20(15)2/h12H,3-11,13H2,1-2H3. The average molecular weight is 301 g/mol. The highest BCUT2D eigenvalue weighted by Gasteiger charge is 2.51. The normalized spacial score (nSPS) is 34.1. The summed E-state index contributed by atoms with van der Waals surface area (Å²) in [4.78, 5) is 18.1. The van der Waals surface area contributed by atoms with Gasteiger partial charge in [-0.1, -0.05) is 6.92 Å². The van der Waals surface area contributed by atoms with Crippen molar-refractivity contribution in [1.29, 1.82) is 0 Å². The lowest BCUT2D eigenvalue weighted by Crippen LogP contribution is -2.34. The SMILES string of the molecule is Cn1c(C=O)nc2c1CCN(CCC13CCC(C)(CC1)C3)C2. The Balaban J connectivity index is 1.40. The van der Waals surface area contributed by atoms with E-state index in [0.717, 1.165) is 31.5 Å². The lowest BCUT2D eigenvalue weighted by Gasteiger charge is -2.32. The second-order valence-electron chi connectivity index (χ2n) is 8.30. The number of carbonyl (C=O) groups is 1. The van der Waals surface area contributed by atoms with E-state index >= 15 is 0 Å². The van der Waals surface area contributed by atoms with E-state index in [0.29, 0.717) is 16.7 Å². The number of nitrogens with zero attached hydrogens (tertiary/aromatic N) is 3. The Kier molecular flexibility index (Phi) is 3.23. The van der Waals surface area contributed by atoms with Crippen LogP contribution in [0, 0.1) is 10.8 Å². The molecule has 2 fully saturated rings. The average Bonchev–Trinajstić information content (AvgIpc) is 3.14. The lowest BCUT2D eigenvalue weighted by atomic mass is 9.80. The summed E-state index contributed by atoms with van der Waals surface area (Å²) < 4.78 is 1.97. The van der Waals surface area contributed by atoms with Gasteiger partial charge in [-0.15, -0.1) is 0 Å². The van der Waals surface area contributed by atoms with E-state index in [2.05, 4.69) is 16.8 Å². The maximum Gasteiger partial charge on any atom is 0.185 e. The topological polar surface area (TPSA) is 38.1 Å². The van der Waals surface area contributed by atoms with E-state index in [9.17, 15) is 4.79 Å². The molecule has 4 rings (SSSR count). The first-order chi connectivity index (χ1) is 10.5. The number of hydrogen-bond acceptors (Lipinski definition) is 3. The first-order valence-electron chi connectivity index (χ1n) is 8.75. The van der Waals surface area contributed by atoms with E-state index < -0.39 is 0 Å². The zero-order chi connectivity index (χ0) is 15.4. The highest BCUT2D eigenvalue weighted by molar-refractivity contribution is 5.69. The van der Waals surface area contributed by atoms with Gasteiger partial charge in [-0.25, -0.2) is 4.98 Å². The number of hydrogen-bond donors (Lipinski definition) is 0. The Morgan fingerprint density at radius 3 is 2.68 bits per heavy atom. The summed E-state index contributed by atoms with van der Waals surface area (Å²) in [6.45, 7) is 5.72. The van der Waals surface area contributed by atoms with Crippen molar-refractivity contribution in [1.82, 2.24) is 14.5 Å². The Hall–Kier alpha value is -1.16. The summed E-state index contributed by atoms with van der Waals surface area (Å²) in [7, 11) is 1.96. The van der Waals surface area contributed by atoms with Crippen LogP contribution in [-0.2, 0) is 20.0 Å². The molecule has 2 aliphatic carbocycles. The smallest absolute Gasteiger partial charge is 0.185 e. The molecule has 0 atom stereocenters. The van der Waals surface area contributed by atoms with Crippen molar-refractivity contribution < 1.29 is 4.79 Å². The molecular formula is C18H27N3O. The fraction of sp³-hybridized carbons (Fsp3) is 0.778. The van der Waals surface area contributed by atoms with Gasteiger partial charge in [-0.05, 0) is 55.9 Å². The van der Waals surface area contributed by atoms with Gasteiger partial charge in [0.15, 0.2) is 12.1 Å². The minimum Gasteiger partial charge on any atom is -0.329 e. The molecule has 1 aromatic rings. The zero-order valence-corrected chi connectivity index (χ0v) is 13.9. The Labute approximate surface area is 132 Å². The van der Waals surface area contributed by atoms with Crippen molar-refractivity contribution >= 4 is 6.29 Å². The monoisotopic (exact) mass is 301 g/mol. The minimum absolute atomic E-state index is 0.577. The van der Waals surface area contributed by atoms with Gasteiger partial charge in [0.05, 0.1) is 5.69 Å². The summed E-state index contributed by atoms with van der Waals surface area (Å²) >= 11 is 0. The van der Waals surface area contributed by atoms with Crippen LogP contribution in [0.3, 0.4) is 0 Å². The van der Waals surface area contributed by atoms with Crippen LogP contribution >= 0.6 is 0 Å².